The third-order valence-electron chi connectivity index (χ3n) is 2.59. The van der Waals surface area contributed by atoms with Crippen LogP contribution in [0, 0.1) is 6.92 Å². The number of H-pyrrole nitrogens is 1. The van der Waals surface area contributed by atoms with Crippen molar-refractivity contribution in [2.24, 2.45) is 0 Å². The van der Waals surface area contributed by atoms with Gasteiger partial charge in [0, 0.05) is 10.9 Å². The van der Waals surface area contributed by atoms with Crippen LogP contribution in [0.4, 0.5) is 0 Å². The van der Waals surface area contributed by atoms with Crippen molar-refractivity contribution in [1.82, 2.24) is 4.98 Å². The highest BCUT2D eigenvalue weighted by molar-refractivity contribution is 6.01. The van der Waals surface area contributed by atoms with Crippen molar-refractivity contribution in [3.63, 3.8) is 0 Å². The molecule has 0 radical (unpaired) electrons. The monoisotopic (exact) mass is 233 g/mol. The summed E-state index contributed by atoms with van der Waals surface area (Å²) in [6, 6.07) is 5.89. The number of carbonyl (C=O) groups is 1. The lowest BCUT2D eigenvalue weighted by molar-refractivity contribution is 0.0517. The second kappa shape index (κ2) is 4.49. The summed E-state index contributed by atoms with van der Waals surface area (Å²) in [5, 5.41) is 0.899. The Morgan fingerprint density at radius 2 is 2.18 bits per heavy atom. The molecular weight excluding hydrogens is 218 g/mol. The van der Waals surface area contributed by atoms with Gasteiger partial charge >= 0.3 is 5.97 Å². The summed E-state index contributed by atoms with van der Waals surface area (Å²) in [7, 11) is 1.55. The van der Waals surface area contributed by atoms with E-state index in [0.29, 0.717) is 18.1 Å². The minimum absolute atomic E-state index is 0.344. The summed E-state index contributed by atoms with van der Waals surface area (Å²) in [6.07, 6.45) is 0. The van der Waals surface area contributed by atoms with Crippen LogP contribution in [0.3, 0.4) is 0 Å². The Kier molecular flexibility index (Phi) is 3.04. The zero-order valence-corrected chi connectivity index (χ0v) is 10.2. The lowest BCUT2D eigenvalue weighted by Gasteiger charge is -2.02. The SMILES string of the molecule is CCOC(=O)c1[nH]c2ccc(C)cc2c1OC. The van der Waals surface area contributed by atoms with E-state index in [2.05, 4.69) is 4.98 Å². The Hall–Kier alpha value is -1.97. The summed E-state index contributed by atoms with van der Waals surface area (Å²) >= 11 is 0. The first-order valence-electron chi connectivity index (χ1n) is 5.50. The van der Waals surface area contributed by atoms with Gasteiger partial charge in [0.1, 0.15) is 0 Å². The Morgan fingerprint density at radius 1 is 1.41 bits per heavy atom. The second-order valence-corrected chi connectivity index (χ2v) is 3.80. The molecule has 0 aliphatic rings. The fraction of sp³-hybridized carbons (Fsp3) is 0.308. The molecule has 0 aliphatic carbocycles. The molecule has 0 unspecified atom stereocenters. The molecular formula is C13H15NO3. The van der Waals surface area contributed by atoms with Crippen LogP contribution in [-0.4, -0.2) is 24.7 Å². The van der Waals surface area contributed by atoms with Crippen LogP contribution >= 0.6 is 0 Å². The fourth-order valence-corrected chi connectivity index (χ4v) is 1.84. The van der Waals surface area contributed by atoms with E-state index in [1.165, 1.54) is 0 Å². The molecule has 0 aliphatic heterocycles. The highest BCUT2D eigenvalue weighted by Gasteiger charge is 2.19. The quantitative estimate of drug-likeness (QED) is 0.829. The third kappa shape index (κ3) is 1.98. The summed E-state index contributed by atoms with van der Waals surface area (Å²) in [5.41, 5.74) is 2.36. The number of carbonyl (C=O) groups excluding carboxylic acids is 1. The summed E-state index contributed by atoms with van der Waals surface area (Å²) in [4.78, 5) is 14.8. The van der Waals surface area contributed by atoms with E-state index in [1.807, 2.05) is 25.1 Å². The van der Waals surface area contributed by atoms with Crippen molar-refractivity contribution in [3.05, 3.63) is 29.5 Å². The molecule has 0 atom stereocenters. The van der Waals surface area contributed by atoms with Crippen LogP contribution in [0.5, 0.6) is 5.75 Å². The predicted molar refractivity (Wildman–Crippen MR) is 65.5 cm³/mol. The van der Waals surface area contributed by atoms with Crippen LogP contribution < -0.4 is 4.74 Å². The molecule has 0 saturated carbocycles. The summed E-state index contributed by atoms with van der Waals surface area (Å²) < 4.78 is 10.3. The Morgan fingerprint density at radius 3 is 2.82 bits per heavy atom. The molecule has 0 amide bonds. The maximum Gasteiger partial charge on any atom is 0.358 e. The van der Waals surface area contributed by atoms with Gasteiger partial charge in [0.2, 0.25) is 0 Å². The lowest BCUT2D eigenvalue weighted by Crippen LogP contribution is -2.06. The molecule has 0 bridgehead atoms. The smallest absolute Gasteiger partial charge is 0.358 e. The van der Waals surface area contributed by atoms with E-state index in [0.717, 1.165) is 16.5 Å². The summed E-state index contributed by atoms with van der Waals surface area (Å²) in [5.74, 6) is 0.153. The van der Waals surface area contributed by atoms with Crippen LogP contribution in [-0.2, 0) is 4.74 Å². The van der Waals surface area contributed by atoms with Crippen molar-refractivity contribution < 1.29 is 14.3 Å². The van der Waals surface area contributed by atoms with Crippen LogP contribution in [0.2, 0.25) is 0 Å². The van der Waals surface area contributed by atoms with Gasteiger partial charge in [0.15, 0.2) is 11.4 Å². The van der Waals surface area contributed by atoms with E-state index in [4.69, 9.17) is 9.47 Å². The highest BCUT2D eigenvalue weighted by Crippen LogP contribution is 2.31. The van der Waals surface area contributed by atoms with Crippen molar-refractivity contribution in [2.75, 3.05) is 13.7 Å². The molecule has 90 valence electrons. The maximum atomic E-state index is 11.7. The van der Waals surface area contributed by atoms with E-state index in [9.17, 15) is 4.79 Å². The Bertz CT molecular complexity index is 557. The van der Waals surface area contributed by atoms with Gasteiger partial charge in [-0.2, -0.15) is 0 Å². The number of hydrogen-bond acceptors (Lipinski definition) is 3. The minimum atomic E-state index is -0.391. The number of hydrogen-bond donors (Lipinski definition) is 1. The van der Waals surface area contributed by atoms with Gasteiger partial charge in [0.25, 0.3) is 0 Å². The molecule has 1 N–H and O–H groups in total. The van der Waals surface area contributed by atoms with Gasteiger partial charge in [-0.25, -0.2) is 4.79 Å². The number of aryl methyl sites for hydroxylation is 1. The molecule has 2 rings (SSSR count). The average molecular weight is 233 g/mol. The number of fused-ring (bicyclic) bond motifs is 1. The largest absolute Gasteiger partial charge is 0.494 e. The molecule has 1 heterocycles. The van der Waals surface area contributed by atoms with Gasteiger partial charge in [-0.15, -0.1) is 0 Å². The lowest BCUT2D eigenvalue weighted by atomic mass is 10.1. The second-order valence-electron chi connectivity index (χ2n) is 3.80. The zero-order chi connectivity index (χ0) is 12.4. The number of esters is 1. The molecule has 1 aromatic heterocycles. The van der Waals surface area contributed by atoms with E-state index in [1.54, 1.807) is 14.0 Å². The van der Waals surface area contributed by atoms with E-state index in [-0.39, 0.29) is 0 Å². The van der Waals surface area contributed by atoms with Crippen LogP contribution in [0.25, 0.3) is 10.9 Å². The minimum Gasteiger partial charge on any atom is -0.494 e. The number of nitrogens with one attached hydrogen (secondary N) is 1. The van der Waals surface area contributed by atoms with Gasteiger partial charge in [0.05, 0.1) is 13.7 Å². The van der Waals surface area contributed by atoms with Crippen molar-refractivity contribution in [3.8, 4) is 5.75 Å². The Balaban J connectivity index is 2.60. The normalized spacial score (nSPS) is 10.5. The average Bonchev–Trinajstić information content (AvgIpc) is 2.67. The zero-order valence-electron chi connectivity index (χ0n) is 10.2. The van der Waals surface area contributed by atoms with Gasteiger partial charge in [-0.05, 0) is 26.0 Å². The maximum absolute atomic E-state index is 11.7. The fourth-order valence-electron chi connectivity index (χ4n) is 1.84. The number of benzene rings is 1. The molecule has 17 heavy (non-hydrogen) atoms. The summed E-state index contributed by atoms with van der Waals surface area (Å²) in [6.45, 7) is 4.11. The molecule has 0 saturated heterocycles. The number of methoxy groups -OCH3 is 1. The van der Waals surface area contributed by atoms with Crippen molar-refractivity contribution in [2.45, 2.75) is 13.8 Å². The number of rotatable bonds is 3. The van der Waals surface area contributed by atoms with Gasteiger partial charge in [-0.3, -0.25) is 0 Å². The molecule has 4 nitrogen and oxygen atoms in total. The molecule has 0 spiro atoms. The number of aromatic amines is 1. The molecule has 4 heteroatoms. The van der Waals surface area contributed by atoms with Crippen molar-refractivity contribution in [1.29, 1.82) is 0 Å². The van der Waals surface area contributed by atoms with Gasteiger partial charge < -0.3 is 14.5 Å². The number of aromatic nitrogens is 1. The van der Waals surface area contributed by atoms with Crippen LogP contribution in [0.15, 0.2) is 18.2 Å². The molecule has 1 aromatic carbocycles. The Labute approximate surface area is 99.5 Å². The third-order valence-corrected chi connectivity index (χ3v) is 2.59. The molecule has 0 fully saturated rings. The topological polar surface area (TPSA) is 51.3 Å². The van der Waals surface area contributed by atoms with Crippen molar-refractivity contribution >= 4 is 16.9 Å². The first-order chi connectivity index (χ1) is 8.17. The molecule has 2 aromatic rings. The van der Waals surface area contributed by atoms with E-state index >= 15 is 0 Å². The number of ether oxygens (including phenoxy) is 2. The van der Waals surface area contributed by atoms with Gasteiger partial charge in [-0.1, -0.05) is 11.6 Å². The first-order valence-corrected chi connectivity index (χ1v) is 5.50. The predicted octanol–water partition coefficient (Wildman–Crippen LogP) is 2.66. The standard InChI is InChI=1S/C13H15NO3/c1-4-17-13(15)11-12(16-3)9-7-8(2)5-6-10(9)14-11/h5-7,14H,4H2,1-3H3. The highest BCUT2D eigenvalue weighted by atomic mass is 16.5. The van der Waals surface area contributed by atoms with Crippen LogP contribution in [0.1, 0.15) is 23.0 Å². The van der Waals surface area contributed by atoms with E-state index < -0.39 is 5.97 Å². The first kappa shape index (κ1) is 11.5.